The van der Waals surface area contributed by atoms with Gasteiger partial charge >= 0.3 is 0 Å². The van der Waals surface area contributed by atoms with E-state index >= 15 is 0 Å². The van der Waals surface area contributed by atoms with Gasteiger partial charge in [-0.25, -0.2) is 0 Å². The van der Waals surface area contributed by atoms with Crippen LogP contribution in [0.2, 0.25) is 5.02 Å². The van der Waals surface area contributed by atoms with E-state index in [9.17, 15) is 4.79 Å². The molecule has 0 spiro atoms. The molecule has 0 aliphatic rings. The number of hydrogen-bond donors (Lipinski definition) is 2. The lowest BCUT2D eigenvalue weighted by Crippen LogP contribution is -2.14. The third-order valence-electron chi connectivity index (χ3n) is 3.30. The first-order valence-electron chi connectivity index (χ1n) is 6.67. The minimum absolute atomic E-state index is 0.174. The molecule has 0 bridgehead atoms. The van der Waals surface area contributed by atoms with Crippen molar-refractivity contribution in [1.29, 1.82) is 0 Å². The van der Waals surface area contributed by atoms with E-state index in [-0.39, 0.29) is 11.6 Å². The van der Waals surface area contributed by atoms with E-state index in [4.69, 9.17) is 11.6 Å². The number of nitrogens with one attached hydrogen (secondary N) is 2. The number of H-pyrrole nitrogens is 1. The Kier molecular flexibility index (Phi) is 3.68. The van der Waals surface area contributed by atoms with Crippen LogP contribution in [0.3, 0.4) is 0 Å². The van der Waals surface area contributed by atoms with Crippen LogP contribution in [0.4, 0.5) is 5.82 Å². The van der Waals surface area contributed by atoms with Crippen LogP contribution in [0.5, 0.6) is 0 Å². The van der Waals surface area contributed by atoms with Gasteiger partial charge in [0.25, 0.3) is 5.91 Å². The van der Waals surface area contributed by atoms with Crippen molar-refractivity contribution in [3.05, 3.63) is 52.8 Å². The molecule has 2 heterocycles. The molecule has 6 nitrogen and oxygen atoms in total. The lowest BCUT2D eigenvalue weighted by Gasteiger charge is -2.02. The molecule has 0 saturated heterocycles. The number of halogens is 1. The van der Waals surface area contributed by atoms with Crippen LogP contribution in [0.15, 0.2) is 36.5 Å². The van der Waals surface area contributed by atoms with Crippen LogP contribution >= 0.6 is 11.6 Å². The highest BCUT2D eigenvalue weighted by Gasteiger charge is 2.18. The molecule has 0 unspecified atom stereocenters. The largest absolute Gasteiger partial charge is 0.303 e. The van der Waals surface area contributed by atoms with Gasteiger partial charge in [-0.2, -0.15) is 10.2 Å². The quantitative estimate of drug-likeness (QED) is 0.780. The minimum atomic E-state index is -0.389. The third-order valence-corrected chi connectivity index (χ3v) is 3.58. The van der Waals surface area contributed by atoms with E-state index in [1.165, 1.54) is 4.68 Å². The number of benzene rings is 1. The highest BCUT2D eigenvalue weighted by atomic mass is 35.5. The van der Waals surface area contributed by atoms with Crippen LogP contribution in [0.25, 0.3) is 11.3 Å². The maximum atomic E-state index is 12.2. The second-order valence-electron chi connectivity index (χ2n) is 4.89. The third kappa shape index (κ3) is 2.60. The number of aryl methyl sites for hydroxylation is 1. The molecule has 1 aromatic carbocycles. The fraction of sp³-hybridized carbons (Fsp3) is 0.133. The zero-order valence-electron chi connectivity index (χ0n) is 12.1. The highest BCUT2D eigenvalue weighted by molar-refractivity contribution is 6.34. The van der Waals surface area contributed by atoms with Gasteiger partial charge in [-0.3, -0.25) is 14.6 Å². The number of amides is 1. The Hall–Kier alpha value is -2.60. The van der Waals surface area contributed by atoms with Gasteiger partial charge in [0.2, 0.25) is 0 Å². The Morgan fingerprint density at radius 3 is 2.68 bits per heavy atom. The van der Waals surface area contributed by atoms with Gasteiger partial charge in [0, 0.05) is 18.8 Å². The molecule has 3 aromatic rings. The van der Waals surface area contributed by atoms with Gasteiger partial charge in [-0.15, -0.1) is 0 Å². The number of anilines is 1. The summed E-state index contributed by atoms with van der Waals surface area (Å²) >= 11 is 5.97. The Morgan fingerprint density at radius 1 is 1.32 bits per heavy atom. The van der Waals surface area contributed by atoms with Crippen molar-refractivity contribution in [2.24, 2.45) is 7.05 Å². The number of carbonyl (C=O) groups excluding carboxylic acids is 1. The van der Waals surface area contributed by atoms with E-state index in [1.54, 1.807) is 13.2 Å². The summed E-state index contributed by atoms with van der Waals surface area (Å²) < 4.78 is 1.49. The molecule has 2 aromatic heterocycles. The van der Waals surface area contributed by atoms with E-state index in [2.05, 4.69) is 20.6 Å². The van der Waals surface area contributed by atoms with Gasteiger partial charge in [-0.1, -0.05) is 41.9 Å². The summed E-state index contributed by atoms with van der Waals surface area (Å²) in [7, 11) is 1.70. The van der Waals surface area contributed by atoms with Crippen LogP contribution < -0.4 is 5.32 Å². The van der Waals surface area contributed by atoms with Crippen LogP contribution in [0, 0.1) is 6.92 Å². The molecular formula is C15H14ClN5O. The molecule has 1 amide bonds. The molecule has 7 heteroatoms. The summed E-state index contributed by atoms with van der Waals surface area (Å²) in [6.45, 7) is 1.89. The molecular weight excluding hydrogens is 302 g/mol. The molecule has 22 heavy (non-hydrogen) atoms. The zero-order chi connectivity index (χ0) is 15.7. The van der Waals surface area contributed by atoms with E-state index < -0.39 is 0 Å². The molecule has 0 aliphatic carbocycles. The molecule has 2 N–H and O–H groups in total. The number of hydrogen-bond acceptors (Lipinski definition) is 3. The molecule has 0 saturated carbocycles. The van der Waals surface area contributed by atoms with Gasteiger partial charge < -0.3 is 5.32 Å². The first-order valence-corrected chi connectivity index (χ1v) is 7.05. The van der Waals surface area contributed by atoms with Crippen molar-refractivity contribution in [3.63, 3.8) is 0 Å². The summed E-state index contributed by atoms with van der Waals surface area (Å²) in [4.78, 5) is 12.2. The summed E-state index contributed by atoms with van der Waals surface area (Å²) in [5, 5.41) is 14.2. The number of nitrogens with zero attached hydrogens (tertiary/aromatic N) is 3. The summed E-state index contributed by atoms with van der Waals surface area (Å²) in [5.74, 6) is 0.0744. The Bertz CT molecular complexity index is 822. The second kappa shape index (κ2) is 5.65. The van der Waals surface area contributed by atoms with Gasteiger partial charge in [-0.05, 0) is 12.5 Å². The van der Waals surface area contributed by atoms with Crippen LogP contribution in [-0.2, 0) is 7.05 Å². The Balaban J connectivity index is 1.87. The highest BCUT2D eigenvalue weighted by Crippen LogP contribution is 2.26. The number of carbonyl (C=O) groups is 1. The summed E-state index contributed by atoms with van der Waals surface area (Å²) in [6.07, 6.45) is 1.57. The van der Waals surface area contributed by atoms with E-state index in [0.29, 0.717) is 10.8 Å². The SMILES string of the molecule is Cc1c(NC(=O)c2nn(C)cc2Cl)n[nH]c1-c1ccccc1. The lowest BCUT2D eigenvalue weighted by molar-refractivity contribution is 0.102. The van der Waals surface area contributed by atoms with Crippen molar-refractivity contribution >= 4 is 23.3 Å². The van der Waals surface area contributed by atoms with Crippen LogP contribution in [-0.4, -0.2) is 25.9 Å². The Morgan fingerprint density at radius 2 is 2.05 bits per heavy atom. The average molecular weight is 316 g/mol. The van der Waals surface area contributed by atoms with Crippen LogP contribution in [0.1, 0.15) is 16.1 Å². The van der Waals surface area contributed by atoms with Gasteiger partial charge in [0.15, 0.2) is 11.5 Å². The normalized spacial score (nSPS) is 10.7. The van der Waals surface area contributed by atoms with E-state index in [1.807, 2.05) is 37.3 Å². The fourth-order valence-electron chi connectivity index (χ4n) is 2.19. The van der Waals surface area contributed by atoms with Crippen molar-refractivity contribution in [1.82, 2.24) is 20.0 Å². The van der Waals surface area contributed by atoms with Gasteiger partial charge in [0.1, 0.15) is 0 Å². The average Bonchev–Trinajstić information content (AvgIpc) is 3.03. The molecule has 0 fully saturated rings. The minimum Gasteiger partial charge on any atom is -0.303 e. The number of aromatic nitrogens is 4. The van der Waals surface area contributed by atoms with Crippen molar-refractivity contribution in [2.45, 2.75) is 6.92 Å². The predicted octanol–water partition coefficient (Wildman–Crippen LogP) is 3.02. The molecule has 0 radical (unpaired) electrons. The molecule has 0 atom stereocenters. The topological polar surface area (TPSA) is 75.6 Å². The molecule has 3 rings (SSSR count). The number of rotatable bonds is 3. The van der Waals surface area contributed by atoms with Gasteiger partial charge in [0.05, 0.1) is 10.7 Å². The fourth-order valence-corrected chi connectivity index (χ4v) is 2.45. The van der Waals surface area contributed by atoms with Crippen molar-refractivity contribution in [2.75, 3.05) is 5.32 Å². The standard InChI is InChI=1S/C15H14ClN5O/c1-9-12(10-6-4-3-5-7-10)18-19-14(9)17-15(22)13-11(16)8-21(2)20-13/h3-8H,1-2H3,(H2,17,18,19,22). The monoisotopic (exact) mass is 315 g/mol. The second-order valence-corrected chi connectivity index (χ2v) is 5.30. The summed E-state index contributed by atoms with van der Waals surface area (Å²) in [5.41, 5.74) is 2.89. The predicted molar refractivity (Wildman–Crippen MR) is 84.9 cm³/mol. The lowest BCUT2D eigenvalue weighted by atomic mass is 10.1. The zero-order valence-corrected chi connectivity index (χ0v) is 12.8. The number of aromatic amines is 1. The molecule has 0 aliphatic heterocycles. The summed E-state index contributed by atoms with van der Waals surface area (Å²) in [6, 6.07) is 9.79. The smallest absolute Gasteiger partial charge is 0.278 e. The maximum absolute atomic E-state index is 12.2. The first kappa shape index (κ1) is 14.3. The van der Waals surface area contributed by atoms with Crippen molar-refractivity contribution in [3.8, 4) is 11.3 Å². The molecule has 112 valence electrons. The Labute approximate surface area is 132 Å². The maximum Gasteiger partial charge on any atom is 0.278 e. The first-order chi connectivity index (χ1) is 10.6. The van der Waals surface area contributed by atoms with Crippen molar-refractivity contribution < 1.29 is 4.79 Å². The van der Waals surface area contributed by atoms with E-state index in [0.717, 1.165) is 16.8 Å².